The fraction of sp³-hybridized carbons (Fsp3) is 0.125. The quantitative estimate of drug-likeness (QED) is 0.497. The topological polar surface area (TPSA) is 76.4 Å². The minimum atomic E-state index is -3.95. The summed E-state index contributed by atoms with van der Waals surface area (Å²) < 4.78 is 37.1. The summed E-state index contributed by atoms with van der Waals surface area (Å²) >= 11 is 0. The van der Waals surface area contributed by atoms with E-state index in [0.29, 0.717) is 30.1 Å². The zero-order valence-corrected chi connectivity index (χ0v) is 17.3. The summed E-state index contributed by atoms with van der Waals surface area (Å²) in [5.41, 5.74) is 1.58. The van der Waals surface area contributed by atoms with Crippen molar-refractivity contribution in [2.45, 2.75) is 11.3 Å². The van der Waals surface area contributed by atoms with Crippen LogP contribution in [-0.4, -0.2) is 22.1 Å². The van der Waals surface area contributed by atoms with E-state index in [1.807, 2.05) is 36.4 Å². The van der Waals surface area contributed by atoms with Gasteiger partial charge in [-0.1, -0.05) is 60.7 Å². The molecule has 0 bridgehead atoms. The minimum Gasteiger partial charge on any atom is -0.493 e. The number of ether oxygens (including phenoxy) is 2. The van der Waals surface area contributed by atoms with Gasteiger partial charge in [0.1, 0.15) is 11.0 Å². The van der Waals surface area contributed by atoms with E-state index in [-0.39, 0.29) is 9.80 Å². The Kier molecular flexibility index (Phi) is 6.89. The standard InChI is InChI=1S/C24H21NO4S/c1-28-23-14-8-11-20(24(23)29-16-15-19-9-4-2-5-10-19)17-22(18-25)30(26,27)21-12-6-3-7-13-21/h2-14,17H,15-16H2,1H3. The molecule has 0 saturated carbocycles. The molecule has 30 heavy (non-hydrogen) atoms. The van der Waals surface area contributed by atoms with Gasteiger partial charge in [0.2, 0.25) is 9.84 Å². The van der Waals surface area contributed by atoms with Gasteiger partial charge < -0.3 is 9.47 Å². The average Bonchev–Trinajstić information content (AvgIpc) is 2.79. The highest BCUT2D eigenvalue weighted by Crippen LogP contribution is 2.34. The van der Waals surface area contributed by atoms with Gasteiger partial charge in [0.15, 0.2) is 11.5 Å². The number of sulfone groups is 1. The van der Waals surface area contributed by atoms with Gasteiger partial charge >= 0.3 is 0 Å². The fourth-order valence-corrected chi connectivity index (χ4v) is 4.09. The first-order valence-corrected chi connectivity index (χ1v) is 10.8. The monoisotopic (exact) mass is 419 g/mol. The number of nitrogens with zero attached hydrogens (tertiary/aromatic N) is 1. The van der Waals surface area contributed by atoms with E-state index in [4.69, 9.17) is 9.47 Å². The van der Waals surface area contributed by atoms with Crippen molar-refractivity contribution in [2.75, 3.05) is 13.7 Å². The van der Waals surface area contributed by atoms with E-state index < -0.39 is 9.84 Å². The Morgan fingerprint density at radius 1 is 0.967 bits per heavy atom. The Hall–Kier alpha value is -3.56. The van der Waals surface area contributed by atoms with Crippen LogP contribution >= 0.6 is 0 Å². The zero-order chi connectivity index (χ0) is 21.4. The van der Waals surface area contributed by atoms with Gasteiger partial charge in [0.25, 0.3) is 0 Å². The van der Waals surface area contributed by atoms with Gasteiger partial charge in [-0.05, 0) is 29.8 Å². The second-order valence-corrected chi connectivity index (χ2v) is 8.32. The molecule has 3 aromatic rings. The molecule has 152 valence electrons. The van der Waals surface area contributed by atoms with Crippen molar-refractivity contribution in [2.24, 2.45) is 0 Å². The van der Waals surface area contributed by atoms with Crippen LogP contribution in [0.25, 0.3) is 6.08 Å². The highest BCUT2D eigenvalue weighted by atomic mass is 32.2. The first-order chi connectivity index (χ1) is 14.6. The first-order valence-electron chi connectivity index (χ1n) is 9.32. The molecule has 5 nitrogen and oxygen atoms in total. The van der Waals surface area contributed by atoms with Crippen LogP contribution in [-0.2, 0) is 16.3 Å². The third-order valence-corrected chi connectivity index (χ3v) is 6.13. The molecule has 0 saturated heterocycles. The molecule has 0 spiro atoms. The molecule has 0 fully saturated rings. The second kappa shape index (κ2) is 9.77. The van der Waals surface area contributed by atoms with Crippen LogP contribution < -0.4 is 9.47 Å². The van der Waals surface area contributed by atoms with Crippen molar-refractivity contribution in [3.8, 4) is 17.6 Å². The van der Waals surface area contributed by atoms with Gasteiger partial charge in [-0.3, -0.25) is 0 Å². The van der Waals surface area contributed by atoms with E-state index in [1.54, 1.807) is 36.4 Å². The summed E-state index contributed by atoms with van der Waals surface area (Å²) in [6, 6.07) is 24.7. The molecule has 0 heterocycles. The van der Waals surface area contributed by atoms with Crippen LogP contribution in [0.3, 0.4) is 0 Å². The van der Waals surface area contributed by atoms with E-state index in [2.05, 4.69) is 0 Å². The number of hydrogen-bond acceptors (Lipinski definition) is 5. The number of rotatable bonds is 8. The van der Waals surface area contributed by atoms with Crippen LogP contribution in [0.1, 0.15) is 11.1 Å². The summed E-state index contributed by atoms with van der Waals surface area (Å²) in [6.07, 6.45) is 2.00. The highest BCUT2D eigenvalue weighted by molar-refractivity contribution is 7.95. The number of nitriles is 1. The molecule has 0 radical (unpaired) electrons. The minimum absolute atomic E-state index is 0.0623. The Morgan fingerprint density at radius 3 is 2.27 bits per heavy atom. The maximum Gasteiger partial charge on any atom is 0.216 e. The maximum atomic E-state index is 12.9. The van der Waals surface area contributed by atoms with Crippen molar-refractivity contribution < 1.29 is 17.9 Å². The van der Waals surface area contributed by atoms with Crippen molar-refractivity contribution in [1.82, 2.24) is 0 Å². The molecule has 3 aromatic carbocycles. The van der Waals surface area contributed by atoms with Crippen molar-refractivity contribution in [3.05, 3.63) is 94.9 Å². The number of benzene rings is 3. The van der Waals surface area contributed by atoms with Crippen molar-refractivity contribution in [3.63, 3.8) is 0 Å². The molecule has 0 unspecified atom stereocenters. The molecule has 0 amide bonds. The predicted octanol–water partition coefficient (Wildman–Crippen LogP) is 4.66. The van der Waals surface area contributed by atoms with Crippen molar-refractivity contribution >= 4 is 15.9 Å². The van der Waals surface area contributed by atoms with Crippen LogP contribution in [0.4, 0.5) is 0 Å². The largest absolute Gasteiger partial charge is 0.493 e. The van der Waals surface area contributed by atoms with E-state index in [0.717, 1.165) is 5.56 Å². The summed E-state index contributed by atoms with van der Waals surface area (Å²) in [5.74, 6) is 0.859. The lowest BCUT2D eigenvalue weighted by Crippen LogP contribution is -2.06. The van der Waals surface area contributed by atoms with Gasteiger partial charge in [0.05, 0.1) is 18.6 Å². The summed E-state index contributed by atoms with van der Waals surface area (Å²) in [7, 11) is -2.43. The first kappa shape index (κ1) is 21.2. The Morgan fingerprint density at radius 2 is 1.63 bits per heavy atom. The number of para-hydroxylation sites is 1. The van der Waals surface area contributed by atoms with Gasteiger partial charge in [-0.15, -0.1) is 0 Å². The Labute approximate surface area is 176 Å². The normalized spacial score (nSPS) is 11.5. The average molecular weight is 420 g/mol. The third kappa shape index (κ3) is 4.88. The summed E-state index contributed by atoms with van der Waals surface area (Å²) in [5, 5.41) is 9.56. The summed E-state index contributed by atoms with van der Waals surface area (Å²) in [6.45, 7) is 0.374. The fourth-order valence-electron chi connectivity index (χ4n) is 2.92. The zero-order valence-electron chi connectivity index (χ0n) is 16.5. The molecule has 0 aliphatic carbocycles. The Bertz CT molecular complexity index is 1160. The van der Waals surface area contributed by atoms with E-state index in [1.165, 1.54) is 25.3 Å². The maximum absolute atomic E-state index is 12.9. The lowest BCUT2D eigenvalue weighted by Gasteiger charge is -2.14. The van der Waals surface area contributed by atoms with Crippen LogP contribution in [0.5, 0.6) is 11.5 Å². The molecule has 0 aromatic heterocycles. The molecule has 6 heteroatoms. The predicted molar refractivity (Wildman–Crippen MR) is 116 cm³/mol. The van der Waals surface area contributed by atoms with Gasteiger partial charge in [0, 0.05) is 12.0 Å². The van der Waals surface area contributed by atoms with Gasteiger partial charge in [-0.2, -0.15) is 5.26 Å². The molecular formula is C24H21NO4S. The lowest BCUT2D eigenvalue weighted by atomic mass is 10.1. The summed E-state index contributed by atoms with van der Waals surface area (Å²) in [4.78, 5) is -0.304. The Balaban J connectivity index is 1.93. The van der Waals surface area contributed by atoms with E-state index >= 15 is 0 Å². The van der Waals surface area contributed by atoms with E-state index in [9.17, 15) is 13.7 Å². The van der Waals surface area contributed by atoms with Crippen LogP contribution in [0.15, 0.2) is 88.7 Å². The van der Waals surface area contributed by atoms with Crippen molar-refractivity contribution in [1.29, 1.82) is 5.26 Å². The number of allylic oxidation sites excluding steroid dienone is 1. The molecular weight excluding hydrogens is 398 g/mol. The molecule has 0 aliphatic heterocycles. The SMILES string of the molecule is COc1cccc(C=C(C#N)S(=O)(=O)c2ccccc2)c1OCCc1ccccc1. The molecule has 0 N–H and O–H groups in total. The van der Waals surface area contributed by atoms with Crippen LogP contribution in [0, 0.1) is 11.3 Å². The van der Waals surface area contributed by atoms with Crippen LogP contribution in [0.2, 0.25) is 0 Å². The number of hydrogen-bond donors (Lipinski definition) is 0. The van der Waals surface area contributed by atoms with Gasteiger partial charge in [-0.25, -0.2) is 8.42 Å². The second-order valence-electron chi connectivity index (χ2n) is 6.40. The molecule has 0 atom stereocenters. The third-order valence-electron chi connectivity index (χ3n) is 4.45. The molecule has 3 rings (SSSR count). The lowest BCUT2D eigenvalue weighted by molar-refractivity contribution is 0.297. The highest BCUT2D eigenvalue weighted by Gasteiger charge is 2.21. The smallest absolute Gasteiger partial charge is 0.216 e. The molecule has 0 aliphatic rings. The number of methoxy groups -OCH3 is 1.